The van der Waals surface area contributed by atoms with E-state index in [-0.39, 0.29) is 11.3 Å². The van der Waals surface area contributed by atoms with Gasteiger partial charge < -0.3 is 24.4 Å². The van der Waals surface area contributed by atoms with Crippen molar-refractivity contribution in [2.75, 3.05) is 40.9 Å². The molecule has 1 fully saturated rings. The van der Waals surface area contributed by atoms with E-state index in [1.807, 2.05) is 43.3 Å². The van der Waals surface area contributed by atoms with Crippen LogP contribution in [0.5, 0.6) is 11.5 Å². The van der Waals surface area contributed by atoms with Gasteiger partial charge in [-0.25, -0.2) is 0 Å². The second kappa shape index (κ2) is 11.9. The number of rotatable bonds is 11. The molecule has 1 aliphatic heterocycles. The Morgan fingerprint density at radius 2 is 1.80 bits per heavy atom. The largest absolute Gasteiger partial charge is 0.507 e. The lowest BCUT2D eigenvalue weighted by Gasteiger charge is -2.26. The summed E-state index contributed by atoms with van der Waals surface area (Å²) in [5.41, 5.74) is 1.27. The summed E-state index contributed by atoms with van der Waals surface area (Å²) in [6.07, 6.45) is 1.62. The molecule has 3 rings (SSSR count). The van der Waals surface area contributed by atoms with Crippen LogP contribution in [0.25, 0.3) is 5.76 Å². The number of Topliss-reactive ketones (excluding diaryl/α,β-unsaturated/α-hetero) is 1. The first-order valence-electron chi connectivity index (χ1n) is 12.0. The van der Waals surface area contributed by atoms with Gasteiger partial charge in [0, 0.05) is 12.1 Å². The normalized spacial score (nSPS) is 17.5. The van der Waals surface area contributed by atoms with Crippen LogP contribution >= 0.6 is 0 Å². The van der Waals surface area contributed by atoms with Crippen LogP contribution in [-0.2, 0) is 9.59 Å². The molecule has 0 radical (unpaired) electrons. The van der Waals surface area contributed by atoms with Gasteiger partial charge in [0.1, 0.15) is 17.3 Å². The lowest BCUT2D eigenvalue weighted by molar-refractivity contribution is -0.139. The number of carbonyl (C=O) groups excluding carboxylic acids is 2. The molecule has 0 aliphatic carbocycles. The van der Waals surface area contributed by atoms with Crippen LogP contribution in [0.1, 0.15) is 43.9 Å². The number of aliphatic hydroxyl groups is 1. The van der Waals surface area contributed by atoms with Crippen LogP contribution in [0, 0.1) is 5.92 Å². The van der Waals surface area contributed by atoms with Crippen LogP contribution in [0.15, 0.2) is 54.1 Å². The minimum atomic E-state index is -0.701. The lowest BCUT2D eigenvalue weighted by atomic mass is 9.95. The number of hydrogen-bond donors (Lipinski definition) is 1. The Balaban J connectivity index is 2.02. The lowest BCUT2D eigenvalue weighted by Crippen LogP contribution is -2.32. The first-order chi connectivity index (χ1) is 16.7. The molecule has 0 aromatic heterocycles. The summed E-state index contributed by atoms with van der Waals surface area (Å²) in [5.74, 6) is 0.345. The van der Waals surface area contributed by atoms with Gasteiger partial charge in [-0.15, -0.1) is 0 Å². The molecule has 7 heteroatoms. The molecule has 0 spiro atoms. The van der Waals surface area contributed by atoms with Crippen molar-refractivity contribution in [1.82, 2.24) is 9.80 Å². The van der Waals surface area contributed by atoms with E-state index in [0.717, 1.165) is 18.5 Å². The third kappa shape index (κ3) is 6.42. The van der Waals surface area contributed by atoms with E-state index in [0.29, 0.717) is 42.6 Å². The molecule has 1 heterocycles. The van der Waals surface area contributed by atoms with E-state index in [9.17, 15) is 14.7 Å². The van der Waals surface area contributed by atoms with Crippen molar-refractivity contribution in [1.29, 1.82) is 0 Å². The minimum Gasteiger partial charge on any atom is -0.507 e. The maximum absolute atomic E-state index is 13.2. The molecule has 2 aromatic carbocycles. The van der Waals surface area contributed by atoms with Crippen molar-refractivity contribution in [2.45, 2.75) is 32.7 Å². The molecule has 0 saturated carbocycles. The summed E-state index contributed by atoms with van der Waals surface area (Å²) >= 11 is 0. The predicted molar refractivity (Wildman–Crippen MR) is 137 cm³/mol. The Kier molecular flexibility index (Phi) is 8.93. The number of carbonyl (C=O) groups is 2. The zero-order valence-corrected chi connectivity index (χ0v) is 21.3. The van der Waals surface area contributed by atoms with Gasteiger partial charge in [0.05, 0.1) is 25.3 Å². The van der Waals surface area contributed by atoms with E-state index >= 15 is 0 Å². The first-order valence-corrected chi connectivity index (χ1v) is 12.0. The zero-order valence-electron chi connectivity index (χ0n) is 21.3. The molecule has 1 amide bonds. The zero-order chi connectivity index (χ0) is 25.5. The summed E-state index contributed by atoms with van der Waals surface area (Å²) in [4.78, 5) is 29.9. The summed E-state index contributed by atoms with van der Waals surface area (Å²) in [6.45, 7) is 6.02. The Hall–Kier alpha value is -3.32. The van der Waals surface area contributed by atoms with Crippen molar-refractivity contribution >= 4 is 17.4 Å². The van der Waals surface area contributed by atoms with Gasteiger partial charge in [0.2, 0.25) is 0 Å². The molecule has 1 N–H and O–H groups in total. The van der Waals surface area contributed by atoms with Crippen LogP contribution in [0.2, 0.25) is 0 Å². The second-order valence-electron chi connectivity index (χ2n) is 9.48. The number of hydrogen-bond acceptors (Lipinski definition) is 6. The monoisotopic (exact) mass is 480 g/mol. The van der Waals surface area contributed by atoms with E-state index in [1.165, 1.54) is 0 Å². The molecule has 188 valence electrons. The SMILES string of the molecule is COc1ccc(C(O)=C2C(=O)C(=O)N(CCCN(C)C)C2c2cccc(OCCC(C)C)c2)cc1. The number of ether oxygens (including phenoxy) is 2. The van der Waals surface area contributed by atoms with Crippen molar-refractivity contribution in [2.24, 2.45) is 5.92 Å². The van der Waals surface area contributed by atoms with Gasteiger partial charge >= 0.3 is 0 Å². The second-order valence-corrected chi connectivity index (χ2v) is 9.48. The molecule has 1 atom stereocenters. The molecular weight excluding hydrogens is 444 g/mol. The summed E-state index contributed by atoms with van der Waals surface area (Å²) in [5, 5.41) is 11.2. The third-order valence-electron chi connectivity index (χ3n) is 6.05. The van der Waals surface area contributed by atoms with Gasteiger partial charge in [-0.1, -0.05) is 26.0 Å². The van der Waals surface area contributed by atoms with Crippen LogP contribution in [0.4, 0.5) is 0 Å². The minimum absolute atomic E-state index is 0.0874. The highest BCUT2D eigenvalue weighted by Gasteiger charge is 2.45. The highest BCUT2D eigenvalue weighted by molar-refractivity contribution is 6.46. The molecule has 0 bridgehead atoms. The van der Waals surface area contributed by atoms with Crippen molar-refractivity contribution in [3.8, 4) is 11.5 Å². The molecular formula is C28H36N2O5. The third-order valence-corrected chi connectivity index (χ3v) is 6.05. The molecule has 1 aliphatic rings. The maximum Gasteiger partial charge on any atom is 0.295 e. The number of benzene rings is 2. The molecule has 35 heavy (non-hydrogen) atoms. The van der Waals surface area contributed by atoms with E-state index in [4.69, 9.17) is 9.47 Å². The van der Waals surface area contributed by atoms with Gasteiger partial charge in [-0.3, -0.25) is 9.59 Å². The first kappa shape index (κ1) is 26.3. The van der Waals surface area contributed by atoms with Crippen LogP contribution < -0.4 is 9.47 Å². The van der Waals surface area contributed by atoms with Crippen molar-refractivity contribution < 1.29 is 24.2 Å². The molecule has 1 saturated heterocycles. The number of aliphatic hydroxyl groups excluding tert-OH is 1. The number of nitrogens with zero attached hydrogens (tertiary/aromatic N) is 2. The van der Waals surface area contributed by atoms with E-state index in [1.54, 1.807) is 36.3 Å². The Morgan fingerprint density at radius 3 is 2.43 bits per heavy atom. The topological polar surface area (TPSA) is 79.3 Å². The highest BCUT2D eigenvalue weighted by atomic mass is 16.5. The molecule has 1 unspecified atom stereocenters. The predicted octanol–water partition coefficient (Wildman–Crippen LogP) is 4.49. The van der Waals surface area contributed by atoms with Crippen molar-refractivity contribution in [3.63, 3.8) is 0 Å². The summed E-state index contributed by atoms with van der Waals surface area (Å²) < 4.78 is 11.1. The van der Waals surface area contributed by atoms with Crippen molar-refractivity contribution in [3.05, 3.63) is 65.2 Å². The summed E-state index contributed by atoms with van der Waals surface area (Å²) in [7, 11) is 5.49. The van der Waals surface area contributed by atoms with Crippen LogP contribution in [-0.4, -0.2) is 67.5 Å². The Morgan fingerprint density at radius 1 is 1.09 bits per heavy atom. The fraction of sp³-hybridized carbons (Fsp3) is 0.429. The number of methoxy groups -OCH3 is 1. The number of ketones is 1. The Bertz CT molecular complexity index is 1060. The molecule has 7 nitrogen and oxygen atoms in total. The maximum atomic E-state index is 13.2. The number of amides is 1. The van der Waals surface area contributed by atoms with Gasteiger partial charge in [-0.05, 0) is 81.4 Å². The fourth-order valence-electron chi connectivity index (χ4n) is 4.11. The Labute approximate surface area is 207 Å². The standard InChI is InChI=1S/C28H36N2O5/c1-19(2)14-17-35-23-9-6-8-21(18-23)25-24(26(31)20-10-12-22(34-5)13-11-20)27(32)28(33)30(25)16-7-15-29(3)4/h6,8-13,18-19,25,31H,7,14-17H2,1-5H3. The van der Waals surface area contributed by atoms with Gasteiger partial charge in [-0.2, -0.15) is 0 Å². The average molecular weight is 481 g/mol. The average Bonchev–Trinajstić information content (AvgIpc) is 3.08. The summed E-state index contributed by atoms with van der Waals surface area (Å²) in [6, 6.07) is 13.5. The quantitative estimate of drug-likeness (QED) is 0.290. The van der Waals surface area contributed by atoms with Gasteiger partial charge in [0.15, 0.2) is 0 Å². The molecule has 2 aromatic rings. The van der Waals surface area contributed by atoms with Gasteiger partial charge in [0.25, 0.3) is 11.7 Å². The van der Waals surface area contributed by atoms with Crippen LogP contribution in [0.3, 0.4) is 0 Å². The van der Waals surface area contributed by atoms with E-state index in [2.05, 4.69) is 13.8 Å². The smallest absolute Gasteiger partial charge is 0.295 e. The highest BCUT2D eigenvalue weighted by Crippen LogP contribution is 2.40. The van der Waals surface area contributed by atoms with E-state index < -0.39 is 17.7 Å². The number of likely N-dealkylation sites (tertiary alicyclic amines) is 1. The fourth-order valence-corrected chi connectivity index (χ4v) is 4.11.